The Balaban J connectivity index is 2.46. The molecule has 0 saturated carbocycles. The van der Waals surface area contributed by atoms with Gasteiger partial charge in [0.15, 0.2) is 0 Å². The second kappa shape index (κ2) is 8.28. The second-order valence-electron chi connectivity index (χ2n) is 5.04. The smallest absolute Gasteiger partial charge is 0.326 e. The Labute approximate surface area is 158 Å². The van der Waals surface area contributed by atoms with Crippen molar-refractivity contribution in [2.45, 2.75) is 11.8 Å². The number of hydrogen-bond acceptors (Lipinski definition) is 6. The fraction of sp³-hybridized carbons (Fsp3) is 0.188. The van der Waals surface area contributed by atoms with Crippen molar-refractivity contribution in [1.29, 1.82) is 0 Å². The van der Waals surface area contributed by atoms with Crippen LogP contribution in [0.2, 0.25) is 0 Å². The van der Waals surface area contributed by atoms with Gasteiger partial charge in [0.05, 0.1) is 22.1 Å². The average molecular weight is 443 g/mol. The lowest BCUT2D eigenvalue weighted by molar-refractivity contribution is -0.384. The van der Waals surface area contributed by atoms with Crippen molar-refractivity contribution in [2.24, 2.45) is 0 Å². The summed E-state index contributed by atoms with van der Waals surface area (Å²) in [4.78, 5) is 21.8. The molecule has 0 unspecified atom stereocenters. The Bertz CT molecular complexity index is 897. The van der Waals surface area contributed by atoms with Gasteiger partial charge in [-0.25, -0.2) is 8.42 Å². The Kier molecular flexibility index (Phi) is 6.32. The zero-order valence-corrected chi connectivity index (χ0v) is 16.1. The van der Waals surface area contributed by atoms with E-state index in [2.05, 4.69) is 15.9 Å². The molecule has 0 saturated heterocycles. The van der Waals surface area contributed by atoms with E-state index in [1.54, 1.807) is 19.1 Å². The topological polar surface area (TPSA) is 107 Å². The number of rotatable bonds is 7. The average Bonchev–Trinajstić information content (AvgIpc) is 2.61. The first kappa shape index (κ1) is 19.9. The van der Waals surface area contributed by atoms with Crippen LogP contribution < -0.4 is 4.31 Å². The van der Waals surface area contributed by atoms with Crippen LogP contribution in [-0.2, 0) is 19.6 Å². The number of halogens is 1. The van der Waals surface area contributed by atoms with Crippen LogP contribution in [0.5, 0.6) is 0 Å². The zero-order valence-electron chi connectivity index (χ0n) is 13.7. The molecule has 0 aliphatic carbocycles. The molecule has 2 rings (SSSR count). The van der Waals surface area contributed by atoms with E-state index >= 15 is 0 Å². The highest BCUT2D eigenvalue weighted by Crippen LogP contribution is 2.26. The standard InChI is InChI=1S/C16H15BrN2O6S/c1-2-25-16(20)11-18(13-5-3-12(17)4-6-13)26(23,24)15-9-7-14(8-10-15)19(21)22/h3-10H,2,11H2,1H3. The molecule has 2 aromatic rings. The van der Waals surface area contributed by atoms with Crippen molar-refractivity contribution in [2.75, 3.05) is 17.5 Å². The minimum Gasteiger partial charge on any atom is -0.465 e. The van der Waals surface area contributed by atoms with Crippen molar-refractivity contribution >= 4 is 43.3 Å². The third kappa shape index (κ3) is 4.58. The summed E-state index contributed by atoms with van der Waals surface area (Å²) < 4.78 is 32.4. The number of carbonyl (C=O) groups is 1. The maximum absolute atomic E-state index is 13.0. The number of hydrogen-bond donors (Lipinski definition) is 0. The first-order valence-electron chi connectivity index (χ1n) is 7.44. The molecular weight excluding hydrogens is 428 g/mol. The van der Waals surface area contributed by atoms with Gasteiger partial charge in [0.2, 0.25) is 0 Å². The Morgan fingerprint density at radius 1 is 1.15 bits per heavy atom. The summed E-state index contributed by atoms with van der Waals surface area (Å²) in [6, 6.07) is 10.8. The van der Waals surface area contributed by atoms with Crippen molar-refractivity contribution in [3.05, 3.63) is 63.1 Å². The molecular formula is C16H15BrN2O6S. The van der Waals surface area contributed by atoms with E-state index in [0.29, 0.717) is 0 Å². The molecule has 0 aromatic heterocycles. The number of anilines is 1. The van der Waals surface area contributed by atoms with Crippen LogP contribution in [0.1, 0.15) is 6.92 Å². The van der Waals surface area contributed by atoms with Gasteiger partial charge in [0.1, 0.15) is 6.54 Å². The molecule has 26 heavy (non-hydrogen) atoms. The molecule has 0 heterocycles. The van der Waals surface area contributed by atoms with E-state index in [1.807, 2.05) is 0 Å². The number of sulfonamides is 1. The molecule has 0 amide bonds. The summed E-state index contributed by atoms with van der Waals surface area (Å²) in [5.41, 5.74) is 0.0316. The highest BCUT2D eigenvalue weighted by molar-refractivity contribution is 9.10. The number of non-ortho nitro benzene ring substituents is 1. The minimum absolute atomic E-state index is 0.116. The van der Waals surface area contributed by atoms with Crippen LogP contribution in [0.25, 0.3) is 0 Å². The van der Waals surface area contributed by atoms with E-state index in [-0.39, 0.29) is 22.9 Å². The Morgan fingerprint density at radius 3 is 2.23 bits per heavy atom. The van der Waals surface area contributed by atoms with Crippen molar-refractivity contribution < 1.29 is 22.9 Å². The number of nitro benzene ring substituents is 1. The van der Waals surface area contributed by atoms with Gasteiger partial charge in [0, 0.05) is 16.6 Å². The predicted octanol–water partition coefficient (Wildman–Crippen LogP) is 3.12. The molecule has 2 aromatic carbocycles. The number of esters is 1. The first-order chi connectivity index (χ1) is 12.3. The molecule has 0 spiro atoms. The number of nitrogens with zero attached hydrogens (tertiary/aromatic N) is 2. The summed E-state index contributed by atoms with van der Waals surface area (Å²) in [5, 5.41) is 10.7. The van der Waals surface area contributed by atoms with Gasteiger partial charge in [0.25, 0.3) is 15.7 Å². The van der Waals surface area contributed by atoms with Gasteiger partial charge in [-0.05, 0) is 43.3 Å². The fourth-order valence-electron chi connectivity index (χ4n) is 2.11. The molecule has 0 N–H and O–H groups in total. The van der Waals surface area contributed by atoms with Crippen LogP contribution >= 0.6 is 15.9 Å². The number of nitro groups is 1. The molecule has 0 radical (unpaired) electrons. The molecule has 10 heteroatoms. The van der Waals surface area contributed by atoms with Crippen molar-refractivity contribution in [3.8, 4) is 0 Å². The zero-order chi connectivity index (χ0) is 19.3. The van der Waals surface area contributed by atoms with Gasteiger partial charge in [-0.3, -0.25) is 19.2 Å². The Hall–Kier alpha value is -2.46. The maximum Gasteiger partial charge on any atom is 0.326 e. The summed E-state index contributed by atoms with van der Waals surface area (Å²) >= 11 is 3.26. The van der Waals surface area contributed by atoms with Crippen LogP contribution in [-0.4, -0.2) is 32.5 Å². The summed E-state index contributed by atoms with van der Waals surface area (Å²) in [7, 11) is -4.13. The first-order valence-corrected chi connectivity index (χ1v) is 9.67. The Morgan fingerprint density at radius 2 is 1.73 bits per heavy atom. The SMILES string of the molecule is CCOC(=O)CN(c1ccc(Br)cc1)S(=O)(=O)c1ccc([N+](=O)[O-])cc1. The van der Waals surface area contributed by atoms with Crippen LogP contribution in [0.4, 0.5) is 11.4 Å². The second-order valence-corrected chi connectivity index (χ2v) is 7.82. The van der Waals surface area contributed by atoms with Gasteiger partial charge >= 0.3 is 5.97 Å². The molecule has 8 nitrogen and oxygen atoms in total. The van der Waals surface area contributed by atoms with Crippen LogP contribution in [0.15, 0.2) is 57.9 Å². The van der Waals surface area contributed by atoms with Gasteiger partial charge in [-0.15, -0.1) is 0 Å². The molecule has 0 atom stereocenters. The number of carbonyl (C=O) groups excluding carboxylic acids is 1. The van der Waals surface area contributed by atoms with Gasteiger partial charge in [-0.2, -0.15) is 0 Å². The van der Waals surface area contributed by atoms with E-state index < -0.39 is 27.5 Å². The quantitative estimate of drug-likeness (QED) is 0.370. The summed E-state index contributed by atoms with van der Waals surface area (Å²) in [6.07, 6.45) is 0. The van der Waals surface area contributed by atoms with Crippen molar-refractivity contribution in [3.63, 3.8) is 0 Å². The normalized spacial score (nSPS) is 11.0. The molecule has 0 fully saturated rings. The van der Waals surface area contributed by atoms with E-state index in [0.717, 1.165) is 33.0 Å². The number of ether oxygens (including phenoxy) is 1. The molecule has 0 aliphatic rings. The number of benzene rings is 2. The molecule has 138 valence electrons. The summed E-state index contributed by atoms with van der Waals surface area (Å²) in [6.45, 7) is 1.21. The van der Waals surface area contributed by atoms with E-state index in [4.69, 9.17) is 4.74 Å². The summed E-state index contributed by atoms with van der Waals surface area (Å²) in [5.74, 6) is -0.707. The lowest BCUT2D eigenvalue weighted by Gasteiger charge is -2.23. The van der Waals surface area contributed by atoms with E-state index in [1.165, 1.54) is 12.1 Å². The highest BCUT2D eigenvalue weighted by Gasteiger charge is 2.28. The lowest BCUT2D eigenvalue weighted by Crippen LogP contribution is -2.36. The largest absolute Gasteiger partial charge is 0.465 e. The molecule has 0 aliphatic heterocycles. The predicted molar refractivity (Wildman–Crippen MR) is 98.4 cm³/mol. The third-order valence-electron chi connectivity index (χ3n) is 3.33. The maximum atomic E-state index is 13.0. The van der Waals surface area contributed by atoms with Crippen LogP contribution in [0, 0.1) is 10.1 Å². The highest BCUT2D eigenvalue weighted by atomic mass is 79.9. The minimum atomic E-state index is -4.13. The molecule has 0 bridgehead atoms. The van der Waals surface area contributed by atoms with Gasteiger partial charge < -0.3 is 4.74 Å². The van der Waals surface area contributed by atoms with Gasteiger partial charge in [-0.1, -0.05) is 15.9 Å². The fourth-order valence-corrected chi connectivity index (χ4v) is 3.79. The lowest BCUT2D eigenvalue weighted by atomic mass is 10.3. The van der Waals surface area contributed by atoms with E-state index in [9.17, 15) is 23.3 Å². The third-order valence-corrected chi connectivity index (χ3v) is 5.64. The van der Waals surface area contributed by atoms with Crippen molar-refractivity contribution in [1.82, 2.24) is 0 Å². The monoisotopic (exact) mass is 442 g/mol. The van der Waals surface area contributed by atoms with Crippen LogP contribution in [0.3, 0.4) is 0 Å².